The van der Waals surface area contributed by atoms with Crippen LogP contribution in [0, 0.1) is 6.92 Å². The monoisotopic (exact) mass is 270 g/mol. The fourth-order valence-corrected chi connectivity index (χ4v) is 1.77. The molecule has 0 spiro atoms. The number of aromatic nitrogens is 2. The summed E-state index contributed by atoms with van der Waals surface area (Å²) in [7, 11) is 0. The molecule has 0 aliphatic heterocycles. The Morgan fingerprint density at radius 3 is 2.85 bits per heavy atom. The first kappa shape index (κ1) is 14.0. The molecule has 2 heterocycles. The summed E-state index contributed by atoms with van der Waals surface area (Å²) >= 11 is 0. The molecule has 0 atom stereocenters. The van der Waals surface area contributed by atoms with Crippen LogP contribution in [0.3, 0.4) is 0 Å². The summed E-state index contributed by atoms with van der Waals surface area (Å²) < 4.78 is 0. The zero-order valence-corrected chi connectivity index (χ0v) is 11.7. The highest BCUT2D eigenvalue weighted by Gasteiger charge is 2.12. The van der Waals surface area contributed by atoms with Crippen LogP contribution in [0.5, 0.6) is 0 Å². The minimum Gasteiger partial charge on any atom is -0.369 e. The average Bonchev–Trinajstić information content (AvgIpc) is 2.45. The van der Waals surface area contributed by atoms with E-state index < -0.39 is 0 Å². The quantitative estimate of drug-likeness (QED) is 0.876. The van der Waals surface area contributed by atoms with Gasteiger partial charge in [0.15, 0.2) is 0 Å². The lowest BCUT2D eigenvalue weighted by Gasteiger charge is -2.10. The first-order valence-electron chi connectivity index (χ1n) is 6.64. The number of anilines is 2. The molecule has 0 unspecified atom stereocenters. The van der Waals surface area contributed by atoms with Crippen molar-refractivity contribution in [1.29, 1.82) is 0 Å². The lowest BCUT2D eigenvalue weighted by Crippen LogP contribution is -2.16. The van der Waals surface area contributed by atoms with Gasteiger partial charge in [0.2, 0.25) is 0 Å². The largest absolute Gasteiger partial charge is 0.369 e. The van der Waals surface area contributed by atoms with Crippen LogP contribution >= 0.6 is 0 Å². The number of hydrogen-bond acceptors (Lipinski definition) is 4. The molecule has 104 valence electrons. The minimum atomic E-state index is -0.213. The van der Waals surface area contributed by atoms with E-state index in [1.165, 1.54) is 0 Å². The van der Waals surface area contributed by atoms with Gasteiger partial charge >= 0.3 is 0 Å². The molecular weight excluding hydrogens is 252 g/mol. The van der Waals surface area contributed by atoms with Gasteiger partial charge in [-0.1, -0.05) is 13.0 Å². The van der Waals surface area contributed by atoms with E-state index in [1.807, 2.05) is 19.1 Å². The maximum Gasteiger partial charge on any atom is 0.260 e. The van der Waals surface area contributed by atoms with Crippen LogP contribution in [0.4, 0.5) is 11.6 Å². The van der Waals surface area contributed by atoms with Crippen LogP contribution in [0.25, 0.3) is 0 Å². The highest BCUT2D eigenvalue weighted by atomic mass is 16.1. The van der Waals surface area contributed by atoms with E-state index in [0.717, 1.165) is 18.7 Å². The fourth-order valence-electron chi connectivity index (χ4n) is 1.77. The van der Waals surface area contributed by atoms with Crippen LogP contribution < -0.4 is 10.6 Å². The predicted molar refractivity (Wildman–Crippen MR) is 79.9 cm³/mol. The molecule has 0 radical (unpaired) electrons. The van der Waals surface area contributed by atoms with Crippen molar-refractivity contribution in [2.24, 2.45) is 0 Å². The third-order valence-corrected chi connectivity index (χ3v) is 2.72. The molecule has 0 aromatic carbocycles. The lowest BCUT2D eigenvalue weighted by atomic mass is 10.2. The molecule has 5 nitrogen and oxygen atoms in total. The molecular formula is C15H18N4O. The van der Waals surface area contributed by atoms with Crippen molar-refractivity contribution in [3.8, 4) is 0 Å². The second-order valence-electron chi connectivity index (χ2n) is 4.44. The van der Waals surface area contributed by atoms with Gasteiger partial charge in [0.1, 0.15) is 11.6 Å². The summed E-state index contributed by atoms with van der Waals surface area (Å²) in [5.74, 6) is 0.926. The summed E-state index contributed by atoms with van der Waals surface area (Å²) in [6, 6.07) is 9.00. The molecule has 5 heteroatoms. The number of hydrogen-bond donors (Lipinski definition) is 2. The molecule has 20 heavy (non-hydrogen) atoms. The van der Waals surface area contributed by atoms with Gasteiger partial charge in [-0.3, -0.25) is 4.79 Å². The van der Waals surface area contributed by atoms with Crippen molar-refractivity contribution >= 4 is 17.5 Å². The fraction of sp³-hybridized carbons (Fsp3) is 0.267. The van der Waals surface area contributed by atoms with E-state index >= 15 is 0 Å². The molecule has 0 saturated carbocycles. The second-order valence-corrected chi connectivity index (χ2v) is 4.44. The molecule has 2 N–H and O–H groups in total. The zero-order chi connectivity index (χ0) is 14.4. The van der Waals surface area contributed by atoms with Crippen molar-refractivity contribution in [2.45, 2.75) is 20.3 Å². The Bertz CT molecular complexity index is 598. The summed E-state index contributed by atoms with van der Waals surface area (Å²) in [4.78, 5) is 20.7. The van der Waals surface area contributed by atoms with E-state index in [1.54, 1.807) is 24.4 Å². The second kappa shape index (κ2) is 6.65. The van der Waals surface area contributed by atoms with Gasteiger partial charge in [-0.15, -0.1) is 0 Å². The van der Waals surface area contributed by atoms with Crippen molar-refractivity contribution in [3.63, 3.8) is 0 Å². The molecule has 0 aliphatic rings. The minimum absolute atomic E-state index is 0.213. The van der Waals surface area contributed by atoms with Gasteiger partial charge in [-0.25, -0.2) is 9.97 Å². The Hall–Kier alpha value is -2.43. The molecule has 0 bridgehead atoms. The Morgan fingerprint density at radius 1 is 1.25 bits per heavy atom. The molecule has 2 aromatic rings. The van der Waals surface area contributed by atoms with Gasteiger partial charge in [-0.2, -0.15) is 0 Å². The number of rotatable bonds is 5. The number of carbonyl (C=O) groups is 1. The normalized spacial score (nSPS) is 10.1. The highest BCUT2D eigenvalue weighted by Crippen LogP contribution is 2.14. The van der Waals surface area contributed by atoms with Crippen molar-refractivity contribution < 1.29 is 4.79 Å². The number of aryl methyl sites for hydroxylation is 1. The van der Waals surface area contributed by atoms with Gasteiger partial charge < -0.3 is 10.6 Å². The van der Waals surface area contributed by atoms with Crippen molar-refractivity contribution in [1.82, 2.24) is 9.97 Å². The van der Waals surface area contributed by atoms with Crippen LogP contribution in [-0.2, 0) is 0 Å². The number of carbonyl (C=O) groups excluding carboxylic acids is 1. The van der Waals surface area contributed by atoms with E-state index in [9.17, 15) is 4.79 Å². The first-order chi connectivity index (χ1) is 9.70. The third-order valence-electron chi connectivity index (χ3n) is 2.72. The van der Waals surface area contributed by atoms with Crippen LogP contribution in [0.1, 0.15) is 29.4 Å². The van der Waals surface area contributed by atoms with Gasteiger partial charge in [0.25, 0.3) is 5.91 Å². The van der Waals surface area contributed by atoms with Crippen molar-refractivity contribution in [2.75, 3.05) is 17.2 Å². The van der Waals surface area contributed by atoms with E-state index in [2.05, 4.69) is 27.5 Å². The van der Waals surface area contributed by atoms with Crippen molar-refractivity contribution in [3.05, 3.63) is 47.8 Å². The van der Waals surface area contributed by atoms with E-state index in [4.69, 9.17) is 0 Å². The summed E-state index contributed by atoms with van der Waals surface area (Å²) in [5, 5.41) is 5.93. The standard InChI is InChI=1S/C15H18N4O/c1-3-9-16-14-12(7-5-10-17-14)15(20)19-13-8-4-6-11(2)18-13/h4-8,10H,3,9H2,1-2H3,(H,16,17)(H,18,19,20). The molecule has 0 fully saturated rings. The maximum absolute atomic E-state index is 12.3. The predicted octanol–water partition coefficient (Wildman–Crippen LogP) is 2.86. The van der Waals surface area contributed by atoms with E-state index in [-0.39, 0.29) is 5.91 Å². The first-order valence-corrected chi connectivity index (χ1v) is 6.64. The summed E-state index contributed by atoms with van der Waals surface area (Å²) in [6.07, 6.45) is 2.64. The number of nitrogens with one attached hydrogen (secondary N) is 2. The maximum atomic E-state index is 12.3. The Kier molecular flexibility index (Phi) is 4.65. The number of pyridine rings is 2. The van der Waals surface area contributed by atoms with E-state index in [0.29, 0.717) is 17.2 Å². The summed E-state index contributed by atoms with van der Waals surface area (Å²) in [5.41, 5.74) is 1.38. The lowest BCUT2D eigenvalue weighted by molar-refractivity contribution is 0.102. The van der Waals surface area contributed by atoms with Gasteiger partial charge in [0, 0.05) is 18.4 Å². The molecule has 2 aromatic heterocycles. The van der Waals surface area contributed by atoms with Gasteiger partial charge in [0.05, 0.1) is 5.56 Å². The molecule has 0 aliphatic carbocycles. The third kappa shape index (κ3) is 3.54. The van der Waals surface area contributed by atoms with Gasteiger partial charge in [-0.05, 0) is 37.6 Å². The smallest absolute Gasteiger partial charge is 0.260 e. The number of nitrogens with zero attached hydrogens (tertiary/aromatic N) is 2. The van der Waals surface area contributed by atoms with Crippen LogP contribution in [0.15, 0.2) is 36.5 Å². The average molecular weight is 270 g/mol. The highest BCUT2D eigenvalue weighted by molar-refractivity contribution is 6.07. The van der Waals surface area contributed by atoms with Crippen LogP contribution in [0.2, 0.25) is 0 Å². The Morgan fingerprint density at radius 2 is 2.10 bits per heavy atom. The molecule has 1 amide bonds. The Labute approximate surface area is 118 Å². The number of amides is 1. The van der Waals surface area contributed by atoms with Crippen LogP contribution in [-0.4, -0.2) is 22.4 Å². The molecule has 2 rings (SSSR count). The zero-order valence-electron chi connectivity index (χ0n) is 11.7. The summed E-state index contributed by atoms with van der Waals surface area (Å²) in [6.45, 7) is 4.72. The topological polar surface area (TPSA) is 66.9 Å². The SMILES string of the molecule is CCCNc1ncccc1C(=O)Nc1cccc(C)n1. The Balaban J connectivity index is 2.16. The molecule has 0 saturated heterocycles.